The van der Waals surface area contributed by atoms with Crippen molar-refractivity contribution in [3.63, 3.8) is 0 Å². The lowest BCUT2D eigenvalue weighted by atomic mass is 10.0. The quantitative estimate of drug-likeness (QED) is 0.813. The van der Waals surface area contributed by atoms with Gasteiger partial charge in [-0.15, -0.1) is 0 Å². The summed E-state index contributed by atoms with van der Waals surface area (Å²) in [6.45, 7) is 2.82. The average Bonchev–Trinajstić information content (AvgIpc) is 2.51. The Morgan fingerprint density at radius 1 is 1.41 bits per heavy atom. The van der Waals surface area contributed by atoms with Crippen LogP contribution in [-0.2, 0) is 4.74 Å². The number of aliphatic hydroxyl groups is 1. The van der Waals surface area contributed by atoms with Gasteiger partial charge in [0.25, 0.3) is 0 Å². The fourth-order valence-corrected chi connectivity index (χ4v) is 2.44. The molecule has 0 fully saturated rings. The molecular formula is C14H21NO2. The maximum absolute atomic E-state index is 10.1. The molecule has 0 radical (unpaired) electrons. The van der Waals surface area contributed by atoms with Crippen molar-refractivity contribution in [2.24, 2.45) is 0 Å². The molecule has 0 aromatic heterocycles. The van der Waals surface area contributed by atoms with Crippen molar-refractivity contribution in [1.82, 2.24) is 0 Å². The smallest absolute Gasteiger partial charge is 0.0810 e. The molecular weight excluding hydrogens is 214 g/mol. The topological polar surface area (TPSA) is 32.7 Å². The van der Waals surface area contributed by atoms with Crippen molar-refractivity contribution in [1.29, 1.82) is 0 Å². The second-order valence-electron chi connectivity index (χ2n) is 4.55. The molecule has 0 bridgehead atoms. The summed E-state index contributed by atoms with van der Waals surface area (Å²) in [6.07, 6.45) is 2.63. The predicted octanol–water partition coefficient (Wildman–Crippen LogP) is 2.36. The van der Waals surface area contributed by atoms with E-state index in [-0.39, 0.29) is 6.10 Å². The number of nitrogens with zero attached hydrogens (tertiary/aromatic N) is 1. The summed E-state index contributed by atoms with van der Waals surface area (Å²) < 4.78 is 5.10. The minimum atomic E-state index is -0.307. The molecule has 0 amide bonds. The molecule has 17 heavy (non-hydrogen) atoms. The third-order valence-corrected chi connectivity index (χ3v) is 3.32. The van der Waals surface area contributed by atoms with Gasteiger partial charge in [-0.25, -0.2) is 0 Å². The summed E-state index contributed by atoms with van der Waals surface area (Å²) in [7, 11) is 1.74. The Labute approximate surface area is 103 Å². The number of rotatable bonds is 4. The summed E-state index contributed by atoms with van der Waals surface area (Å²) in [5.74, 6) is 0. The van der Waals surface area contributed by atoms with Crippen molar-refractivity contribution >= 4 is 5.69 Å². The number of benzene rings is 1. The molecule has 2 rings (SSSR count). The fourth-order valence-electron chi connectivity index (χ4n) is 2.44. The highest BCUT2D eigenvalue weighted by Gasteiger charge is 2.20. The van der Waals surface area contributed by atoms with Crippen molar-refractivity contribution < 1.29 is 9.84 Å². The van der Waals surface area contributed by atoms with Gasteiger partial charge in [0.05, 0.1) is 6.10 Å². The summed E-state index contributed by atoms with van der Waals surface area (Å²) >= 11 is 0. The van der Waals surface area contributed by atoms with Gasteiger partial charge in [-0.3, -0.25) is 0 Å². The predicted molar refractivity (Wildman–Crippen MR) is 69.3 cm³/mol. The third kappa shape index (κ3) is 2.99. The number of ether oxygens (including phenoxy) is 1. The Morgan fingerprint density at radius 3 is 3.06 bits per heavy atom. The van der Waals surface area contributed by atoms with Gasteiger partial charge in [0.2, 0.25) is 0 Å². The van der Waals surface area contributed by atoms with Crippen LogP contribution in [0.25, 0.3) is 0 Å². The van der Waals surface area contributed by atoms with Gasteiger partial charge in [-0.05, 0) is 25.3 Å². The zero-order chi connectivity index (χ0) is 12.1. The Bertz CT molecular complexity index is 354. The molecule has 1 aliphatic heterocycles. The normalized spacial score (nSPS) is 19.9. The molecule has 0 saturated heterocycles. The number of para-hydroxylation sites is 1. The molecule has 0 saturated carbocycles. The van der Waals surface area contributed by atoms with E-state index in [1.165, 1.54) is 5.69 Å². The first-order valence-corrected chi connectivity index (χ1v) is 6.34. The summed E-state index contributed by atoms with van der Waals surface area (Å²) in [6, 6.07) is 8.19. The number of hydrogen-bond donors (Lipinski definition) is 1. The van der Waals surface area contributed by atoms with Crippen LogP contribution < -0.4 is 4.90 Å². The van der Waals surface area contributed by atoms with E-state index < -0.39 is 0 Å². The van der Waals surface area contributed by atoms with E-state index in [1.54, 1.807) is 7.11 Å². The highest BCUT2D eigenvalue weighted by molar-refractivity contribution is 5.55. The molecule has 1 aromatic rings. The first kappa shape index (κ1) is 12.4. The maximum Gasteiger partial charge on any atom is 0.0810 e. The number of methoxy groups -OCH3 is 1. The maximum atomic E-state index is 10.1. The van der Waals surface area contributed by atoms with Crippen molar-refractivity contribution in [2.75, 3.05) is 31.7 Å². The number of hydrogen-bond acceptors (Lipinski definition) is 3. The first-order chi connectivity index (χ1) is 8.33. The molecule has 1 unspecified atom stereocenters. The lowest BCUT2D eigenvalue weighted by molar-refractivity contribution is 0.168. The van der Waals surface area contributed by atoms with E-state index in [9.17, 15) is 5.11 Å². The van der Waals surface area contributed by atoms with Crippen LogP contribution in [0.1, 0.15) is 30.9 Å². The van der Waals surface area contributed by atoms with Gasteiger partial charge in [0, 0.05) is 38.1 Å². The van der Waals surface area contributed by atoms with Gasteiger partial charge in [-0.2, -0.15) is 0 Å². The summed E-state index contributed by atoms with van der Waals surface area (Å²) in [4.78, 5) is 2.37. The fraction of sp³-hybridized carbons (Fsp3) is 0.571. The lowest BCUT2D eigenvalue weighted by Gasteiger charge is -2.25. The minimum absolute atomic E-state index is 0.307. The van der Waals surface area contributed by atoms with E-state index in [4.69, 9.17) is 4.74 Å². The van der Waals surface area contributed by atoms with Crippen LogP contribution in [0, 0.1) is 0 Å². The molecule has 3 heteroatoms. The van der Waals surface area contributed by atoms with E-state index in [0.29, 0.717) is 0 Å². The van der Waals surface area contributed by atoms with Crippen molar-refractivity contribution in [3.05, 3.63) is 29.8 Å². The van der Waals surface area contributed by atoms with E-state index in [0.717, 1.165) is 44.5 Å². The molecule has 1 aliphatic rings. The van der Waals surface area contributed by atoms with Crippen LogP contribution in [0.15, 0.2) is 24.3 Å². The zero-order valence-corrected chi connectivity index (χ0v) is 10.4. The third-order valence-electron chi connectivity index (χ3n) is 3.32. The second kappa shape index (κ2) is 6.03. The summed E-state index contributed by atoms with van der Waals surface area (Å²) in [5, 5.41) is 10.1. The molecule has 1 aromatic carbocycles. The van der Waals surface area contributed by atoms with Crippen LogP contribution in [-0.4, -0.2) is 31.9 Å². The van der Waals surface area contributed by atoms with Gasteiger partial charge >= 0.3 is 0 Å². The largest absolute Gasteiger partial charge is 0.388 e. The molecule has 1 heterocycles. The number of aliphatic hydroxyl groups excluding tert-OH is 1. The SMILES string of the molecule is COCCCN1CCCC(O)c2ccccc21. The Kier molecular flexibility index (Phi) is 4.40. The monoisotopic (exact) mass is 235 g/mol. The van der Waals surface area contributed by atoms with Gasteiger partial charge in [0.1, 0.15) is 0 Å². The van der Waals surface area contributed by atoms with Crippen LogP contribution in [0.4, 0.5) is 5.69 Å². The highest BCUT2D eigenvalue weighted by atomic mass is 16.5. The van der Waals surface area contributed by atoms with Crippen LogP contribution >= 0.6 is 0 Å². The van der Waals surface area contributed by atoms with Gasteiger partial charge < -0.3 is 14.7 Å². The molecule has 1 N–H and O–H groups in total. The Hall–Kier alpha value is -1.06. The van der Waals surface area contributed by atoms with Crippen LogP contribution in [0.2, 0.25) is 0 Å². The van der Waals surface area contributed by atoms with Gasteiger partial charge in [0.15, 0.2) is 0 Å². The first-order valence-electron chi connectivity index (χ1n) is 6.34. The van der Waals surface area contributed by atoms with E-state index >= 15 is 0 Å². The number of anilines is 1. The standard InChI is InChI=1S/C14H21NO2/c1-17-11-5-10-15-9-4-8-14(16)12-6-2-3-7-13(12)15/h2-3,6-7,14,16H,4-5,8-11H2,1H3. The molecule has 3 nitrogen and oxygen atoms in total. The summed E-state index contributed by atoms with van der Waals surface area (Å²) in [5.41, 5.74) is 2.26. The molecule has 94 valence electrons. The highest BCUT2D eigenvalue weighted by Crippen LogP contribution is 2.32. The van der Waals surface area contributed by atoms with Crippen LogP contribution in [0.5, 0.6) is 0 Å². The van der Waals surface area contributed by atoms with Crippen molar-refractivity contribution in [2.45, 2.75) is 25.4 Å². The zero-order valence-electron chi connectivity index (χ0n) is 10.4. The van der Waals surface area contributed by atoms with E-state index in [2.05, 4.69) is 11.0 Å². The van der Waals surface area contributed by atoms with E-state index in [1.807, 2.05) is 18.2 Å². The molecule has 0 aliphatic carbocycles. The molecule has 1 atom stereocenters. The number of fused-ring (bicyclic) bond motifs is 1. The average molecular weight is 235 g/mol. The molecule has 0 spiro atoms. The Balaban J connectivity index is 2.14. The van der Waals surface area contributed by atoms with Crippen LogP contribution in [0.3, 0.4) is 0 Å². The lowest BCUT2D eigenvalue weighted by Crippen LogP contribution is -2.26. The Morgan fingerprint density at radius 2 is 2.24 bits per heavy atom. The second-order valence-corrected chi connectivity index (χ2v) is 4.55. The minimum Gasteiger partial charge on any atom is -0.388 e. The van der Waals surface area contributed by atoms with Gasteiger partial charge in [-0.1, -0.05) is 18.2 Å². The van der Waals surface area contributed by atoms with Crippen molar-refractivity contribution in [3.8, 4) is 0 Å².